The highest BCUT2D eigenvalue weighted by Gasteiger charge is 2.36. The Morgan fingerprint density at radius 1 is 1.24 bits per heavy atom. The van der Waals surface area contributed by atoms with Gasteiger partial charge < -0.3 is 5.11 Å². The summed E-state index contributed by atoms with van der Waals surface area (Å²) in [6.07, 6.45) is 1.66. The van der Waals surface area contributed by atoms with Crippen molar-refractivity contribution >= 4 is 35.0 Å². The van der Waals surface area contributed by atoms with Crippen molar-refractivity contribution in [3.8, 4) is 0 Å². The van der Waals surface area contributed by atoms with Crippen LogP contribution in [0.4, 0.5) is 4.79 Å². The molecule has 1 aromatic rings. The number of hydrogen-bond donors (Lipinski definition) is 1. The summed E-state index contributed by atoms with van der Waals surface area (Å²) in [6, 6.07) is 4.00. The van der Waals surface area contributed by atoms with Gasteiger partial charge in [-0.2, -0.15) is 0 Å². The number of thioether (sulfide) groups is 1. The molecule has 1 saturated heterocycles. The molecule has 21 heavy (non-hydrogen) atoms. The van der Waals surface area contributed by atoms with Gasteiger partial charge in [-0.25, -0.2) is 0 Å². The van der Waals surface area contributed by atoms with Gasteiger partial charge in [-0.15, -0.1) is 0 Å². The summed E-state index contributed by atoms with van der Waals surface area (Å²) < 4.78 is 0. The van der Waals surface area contributed by atoms with E-state index in [1.165, 1.54) is 0 Å². The van der Waals surface area contributed by atoms with E-state index in [0.29, 0.717) is 0 Å². The molecule has 1 aromatic carbocycles. The van der Waals surface area contributed by atoms with Crippen LogP contribution in [0, 0.1) is 20.8 Å². The van der Waals surface area contributed by atoms with Crippen LogP contribution in [0.15, 0.2) is 17.0 Å². The number of amides is 2. The van der Waals surface area contributed by atoms with Gasteiger partial charge in [-0.05, 0) is 55.3 Å². The zero-order valence-corrected chi connectivity index (χ0v) is 12.8. The number of carbonyl (C=O) groups is 3. The summed E-state index contributed by atoms with van der Waals surface area (Å²) in [5.41, 5.74) is 4.04. The Labute approximate surface area is 126 Å². The van der Waals surface area contributed by atoms with Crippen LogP contribution in [0.1, 0.15) is 22.3 Å². The van der Waals surface area contributed by atoms with E-state index in [4.69, 9.17) is 5.11 Å². The second-order valence-corrected chi connectivity index (χ2v) is 5.97. The maximum Gasteiger partial charge on any atom is 0.323 e. The minimum Gasteiger partial charge on any atom is -0.480 e. The molecule has 1 aliphatic heterocycles. The van der Waals surface area contributed by atoms with Gasteiger partial charge in [0.1, 0.15) is 6.54 Å². The first-order chi connectivity index (χ1) is 9.79. The molecule has 2 rings (SSSR count). The molecule has 110 valence electrons. The lowest BCUT2D eigenvalue weighted by Gasteiger charge is -2.09. The van der Waals surface area contributed by atoms with Gasteiger partial charge in [-0.1, -0.05) is 17.7 Å². The highest BCUT2D eigenvalue weighted by Crippen LogP contribution is 2.33. The van der Waals surface area contributed by atoms with E-state index in [-0.39, 0.29) is 4.91 Å². The van der Waals surface area contributed by atoms with Crippen LogP contribution in [0.5, 0.6) is 0 Å². The van der Waals surface area contributed by atoms with E-state index in [1.807, 2.05) is 32.9 Å². The zero-order chi connectivity index (χ0) is 15.7. The van der Waals surface area contributed by atoms with Gasteiger partial charge in [0.15, 0.2) is 0 Å². The second kappa shape index (κ2) is 5.73. The minimum absolute atomic E-state index is 0.260. The Balaban J connectivity index is 2.37. The first kappa shape index (κ1) is 15.3. The van der Waals surface area contributed by atoms with Crippen LogP contribution in [0.3, 0.4) is 0 Å². The van der Waals surface area contributed by atoms with Crippen molar-refractivity contribution in [1.82, 2.24) is 4.90 Å². The van der Waals surface area contributed by atoms with Crippen LogP contribution in [-0.4, -0.2) is 33.7 Å². The molecule has 0 spiro atoms. The predicted octanol–water partition coefficient (Wildman–Crippen LogP) is 2.73. The van der Waals surface area contributed by atoms with Crippen molar-refractivity contribution in [2.24, 2.45) is 0 Å². The lowest BCUT2D eigenvalue weighted by atomic mass is 9.99. The Hall–Kier alpha value is -2.08. The third-order valence-electron chi connectivity index (χ3n) is 3.18. The van der Waals surface area contributed by atoms with Crippen LogP contribution < -0.4 is 0 Å². The second-order valence-electron chi connectivity index (χ2n) is 4.97. The Bertz CT molecular complexity index is 655. The lowest BCUT2D eigenvalue weighted by molar-refractivity contribution is -0.140. The molecule has 0 atom stereocenters. The standard InChI is InChI=1S/C15H15NO4S/c1-8-4-9(2)11(10(3)5-8)6-12-14(19)16(7-13(17)18)15(20)21-12/h4-6H,7H2,1-3H3,(H,17,18)/b12-6+. The van der Waals surface area contributed by atoms with E-state index in [9.17, 15) is 14.4 Å². The van der Waals surface area contributed by atoms with E-state index >= 15 is 0 Å². The molecule has 2 amide bonds. The number of carbonyl (C=O) groups excluding carboxylic acids is 2. The molecule has 1 fully saturated rings. The fourth-order valence-corrected chi connectivity index (χ4v) is 3.14. The van der Waals surface area contributed by atoms with Crippen LogP contribution in [0.25, 0.3) is 6.08 Å². The average Bonchev–Trinajstić information content (AvgIpc) is 2.61. The summed E-state index contributed by atoms with van der Waals surface area (Å²) in [4.78, 5) is 35.5. The summed E-state index contributed by atoms with van der Waals surface area (Å²) in [6.45, 7) is 5.26. The quantitative estimate of drug-likeness (QED) is 0.869. The molecule has 1 heterocycles. The maximum absolute atomic E-state index is 12.1. The van der Waals surface area contributed by atoms with Crippen molar-refractivity contribution in [3.05, 3.63) is 39.3 Å². The van der Waals surface area contributed by atoms with Gasteiger partial charge in [0.25, 0.3) is 11.1 Å². The molecule has 1 N–H and O–H groups in total. The van der Waals surface area contributed by atoms with Crippen molar-refractivity contribution in [2.75, 3.05) is 6.54 Å². The van der Waals surface area contributed by atoms with Crippen molar-refractivity contribution < 1.29 is 19.5 Å². The Kier molecular flexibility index (Phi) is 4.18. The molecule has 0 radical (unpaired) electrons. The summed E-state index contributed by atoms with van der Waals surface area (Å²) in [7, 11) is 0. The predicted molar refractivity (Wildman–Crippen MR) is 81.0 cm³/mol. The van der Waals surface area contributed by atoms with Crippen molar-refractivity contribution in [2.45, 2.75) is 20.8 Å². The van der Waals surface area contributed by atoms with E-state index < -0.39 is 23.7 Å². The molecule has 6 heteroatoms. The third-order valence-corrected chi connectivity index (χ3v) is 4.09. The summed E-state index contributed by atoms with van der Waals surface area (Å²) >= 11 is 0.775. The summed E-state index contributed by atoms with van der Waals surface area (Å²) in [5.74, 6) is -1.76. The number of rotatable bonds is 3. The molecule has 0 bridgehead atoms. The monoisotopic (exact) mass is 305 g/mol. The van der Waals surface area contributed by atoms with E-state index in [0.717, 1.165) is 38.9 Å². The number of carboxylic acid groups (broad SMARTS) is 1. The molecule has 0 aliphatic carbocycles. The molecule has 0 aromatic heterocycles. The molecule has 0 saturated carbocycles. The smallest absolute Gasteiger partial charge is 0.323 e. The van der Waals surface area contributed by atoms with Crippen LogP contribution >= 0.6 is 11.8 Å². The van der Waals surface area contributed by atoms with Gasteiger partial charge >= 0.3 is 5.97 Å². The molecule has 5 nitrogen and oxygen atoms in total. The van der Waals surface area contributed by atoms with Crippen molar-refractivity contribution in [1.29, 1.82) is 0 Å². The number of aryl methyl sites for hydroxylation is 3. The maximum atomic E-state index is 12.1. The minimum atomic E-state index is -1.21. The number of nitrogens with zero attached hydrogens (tertiary/aromatic N) is 1. The van der Waals surface area contributed by atoms with E-state index in [2.05, 4.69) is 0 Å². The number of imide groups is 1. The van der Waals surface area contributed by atoms with Crippen LogP contribution in [0.2, 0.25) is 0 Å². The number of hydrogen-bond acceptors (Lipinski definition) is 4. The van der Waals surface area contributed by atoms with Gasteiger partial charge in [-0.3, -0.25) is 19.3 Å². The molecular formula is C15H15NO4S. The number of aliphatic carboxylic acids is 1. The first-order valence-corrected chi connectivity index (χ1v) is 7.16. The fraction of sp³-hybridized carbons (Fsp3) is 0.267. The largest absolute Gasteiger partial charge is 0.480 e. The van der Waals surface area contributed by atoms with Gasteiger partial charge in [0.2, 0.25) is 0 Å². The van der Waals surface area contributed by atoms with Gasteiger partial charge in [0, 0.05) is 0 Å². The fourth-order valence-electron chi connectivity index (χ4n) is 2.32. The van der Waals surface area contributed by atoms with E-state index in [1.54, 1.807) is 6.08 Å². The topological polar surface area (TPSA) is 74.7 Å². The first-order valence-electron chi connectivity index (χ1n) is 6.34. The molecule has 0 unspecified atom stereocenters. The highest BCUT2D eigenvalue weighted by molar-refractivity contribution is 8.18. The highest BCUT2D eigenvalue weighted by atomic mass is 32.2. The van der Waals surface area contributed by atoms with Crippen molar-refractivity contribution in [3.63, 3.8) is 0 Å². The van der Waals surface area contributed by atoms with Gasteiger partial charge in [0.05, 0.1) is 4.91 Å². The Morgan fingerprint density at radius 3 is 2.33 bits per heavy atom. The van der Waals surface area contributed by atoms with Crippen LogP contribution in [-0.2, 0) is 9.59 Å². The molecule has 1 aliphatic rings. The normalized spacial score (nSPS) is 16.9. The molecular weight excluding hydrogens is 290 g/mol. The number of carboxylic acids is 1. The Morgan fingerprint density at radius 2 is 1.81 bits per heavy atom. The lowest BCUT2D eigenvalue weighted by Crippen LogP contribution is -2.33. The third kappa shape index (κ3) is 3.16. The SMILES string of the molecule is Cc1cc(C)c(/C=C2/SC(=O)N(CC(=O)O)C2=O)c(C)c1. The average molecular weight is 305 g/mol. The zero-order valence-electron chi connectivity index (χ0n) is 12.0. The number of benzene rings is 1. The summed E-state index contributed by atoms with van der Waals surface area (Å²) in [5, 5.41) is 8.18.